The van der Waals surface area contributed by atoms with Gasteiger partial charge in [0.15, 0.2) is 6.29 Å². The number of aliphatic hydroxyl groups is 1. The molecule has 26 heavy (non-hydrogen) atoms. The molecule has 2 N–H and O–H groups in total. The third kappa shape index (κ3) is 20.0. The van der Waals surface area contributed by atoms with Crippen molar-refractivity contribution < 1.29 is 38.9 Å². The van der Waals surface area contributed by atoms with Gasteiger partial charge in [-0.3, -0.25) is 0 Å². The number of ether oxygens (including phenoxy) is 5. The maximum atomic E-state index is 8.52. The molecule has 8 nitrogen and oxygen atoms in total. The Morgan fingerprint density at radius 1 is 0.615 bits per heavy atom. The van der Waals surface area contributed by atoms with E-state index in [1.54, 1.807) is 0 Å². The fourth-order valence-corrected chi connectivity index (χ4v) is 2.26. The number of rotatable bonds is 22. The van der Waals surface area contributed by atoms with Gasteiger partial charge in [0, 0.05) is 20.1 Å². The highest BCUT2D eigenvalue weighted by atomic mass is 17.1. The molecule has 0 saturated heterocycles. The lowest BCUT2D eigenvalue weighted by molar-refractivity contribution is -0.341. The molecule has 0 radical (unpaired) electrons. The lowest BCUT2D eigenvalue weighted by Gasteiger charge is -2.10. The molecule has 0 spiro atoms. The lowest BCUT2D eigenvalue weighted by atomic mass is 10.1. The van der Waals surface area contributed by atoms with Crippen LogP contribution in [0.4, 0.5) is 0 Å². The summed E-state index contributed by atoms with van der Waals surface area (Å²) in [6, 6.07) is 0. The second kappa shape index (κ2) is 22.7. The SMILES string of the molecule is COC(CCCCCCCCOCCOCCOCCOCCO)OO. The number of unbranched alkanes of at least 4 members (excludes halogenated alkanes) is 5. The second-order valence-electron chi connectivity index (χ2n) is 5.85. The van der Waals surface area contributed by atoms with E-state index in [0.29, 0.717) is 46.2 Å². The normalized spacial score (nSPS) is 12.6. The summed E-state index contributed by atoms with van der Waals surface area (Å²) in [7, 11) is 1.53. The first-order valence-corrected chi connectivity index (χ1v) is 9.60. The van der Waals surface area contributed by atoms with Crippen molar-refractivity contribution in [2.75, 3.05) is 66.6 Å². The van der Waals surface area contributed by atoms with Gasteiger partial charge in [0.05, 0.1) is 52.9 Å². The summed E-state index contributed by atoms with van der Waals surface area (Å²) < 4.78 is 26.2. The number of aliphatic hydroxyl groups excluding tert-OH is 1. The van der Waals surface area contributed by atoms with Gasteiger partial charge >= 0.3 is 0 Å². The summed E-state index contributed by atoms with van der Waals surface area (Å²) in [4.78, 5) is 4.17. The summed E-state index contributed by atoms with van der Waals surface area (Å²) in [6.45, 7) is 4.46. The van der Waals surface area contributed by atoms with Crippen molar-refractivity contribution in [3.8, 4) is 0 Å². The number of methoxy groups -OCH3 is 1. The van der Waals surface area contributed by atoms with Crippen LogP contribution < -0.4 is 0 Å². The average Bonchev–Trinajstić information content (AvgIpc) is 2.66. The maximum absolute atomic E-state index is 8.52. The average molecular weight is 382 g/mol. The Bertz CT molecular complexity index is 251. The highest BCUT2D eigenvalue weighted by molar-refractivity contribution is 4.48. The van der Waals surface area contributed by atoms with E-state index >= 15 is 0 Å². The zero-order valence-electron chi connectivity index (χ0n) is 16.2. The van der Waals surface area contributed by atoms with Crippen LogP contribution >= 0.6 is 0 Å². The molecule has 0 aromatic carbocycles. The molecule has 8 heteroatoms. The summed E-state index contributed by atoms with van der Waals surface area (Å²) >= 11 is 0. The van der Waals surface area contributed by atoms with Crippen molar-refractivity contribution in [2.24, 2.45) is 0 Å². The highest BCUT2D eigenvalue weighted by Crippen LogP contribution is 2.10. The van der Waals surface area contributed by atoms with Gasteiger partial charge < -0.3 is 28.8 Å². The predicted octanol–water partition coefficient (Wildman–Crippen LogP) is 2.24. The Kier molecular flexibility index (Phi) is 22.4. The molecule has 0 aromatic heterocycles. The monoisotopic (exact) mass is 382 g/mol. The lowest BCUT2D eigenvalue weighted by Crippen LogP contribution is -2.12. The summed E-state index contributed by atoms with van der Waals surface area (Å²) in [5, 5.41) is 17.0. The van der Waals surface area contributed by atoms with Gasteiger partial charge in [0.1, 0.15) is 0 Å². The molecule has 0 rings (SSSR count). The molecular weight excluding hydrogens is 344 g/mol. The molecule has 0 amide bonds. The minimum Gasteiger partial charge on any atom is -0.394 e. The molecule has 0 aliphatic heterocycles. The van der Waals surface area contributed by atoms with E-state index in [0.717, 1.165) is 38.7 Å². The van der Waals surface area contributed by atoms with Crippen molar-refractivity contribution in [1.82, 2.24) is 0 Å². The Hall–Kier alpha value is -0.320. The molecule has 0 bridgehead atoms. The molecule has 1 atom stereocenters. The van der Waals surface area contributed by atoms with E-state index < -0.39 is 6.29 Å². The minimum absolute atomic E-state index is 0.0413. The van der Waals surface area contributed by atoms with Gasteiger partial charge in [-0.05, 0) is 12.8 Å². The first kappa shape index (κ1) is 25.7. The number of hydrogen-bond acceptors (Lipinski definition) is 8. The van der Waals surface area contributed by atoms with Crippen molar-refractivity contribution >= 4 is 0 Å². The Balaban J connectivity index is 3.03. The fourth-order valence-electron chi connectivity index (χ4n) is 2.26. The second-order valence-corrected chi connectivity index (χ2v) is 5.85. The van der Waals surface area contributed by atoms with Crippen LogP contribution in [-0.4, -0.2) is 83.2 Å². The maximum Gasteiger partial charge on any atom is 0.190 e. The summed E-state index contributed by atoms with van der Waals surface area (Å²) in [5.74, 6) is 0. The third-order valence-corrected chi connectivity index (χ3v) is 3.71. The molecule has 0 aromatic rings. The zero-order chi connectivity index (χ0) is 19.1. The molecule has 0 fully saturated rings. The van der Waals surface area contributed by atoms with Crippen LogP contribution in [-0.2, 0) is 28.6 Å². The van der Waals surface area contributed by atoms with E-state index in [2.05, 4.69) is 4.89 Å². The van der Waals surface area contributed by atoms with Gasteiger partial charge in [-0.15, -0.1) is 0 Å². The Labute approximate surface area is 157 Å². The quantitative estimate of drug-likeness (QED) is 0.127. The molecular formula is C18H38O8. The molecule has 0 heterocycles. The third-order valence-electron chi connectivity index (χ3n) is 3.71. The molecule has 0 saturated carbocycles. The summed E-state index contributed by atoms with van der Waals surface area (Å²) in [5.41, 5.74) is 0. The largest absolute Gasteiger partial charge is 0.394 e. The van der Waals surface area contributed by atoms with Crippen LogP contribution in [0.5, 0.6) is 0 Å². The van der Waals surface area contributed by atoms with Crippen LogP contribution in [0.15, 0.2) is 0 Å². The first-order valence-electron chi connectivity index (χ1n) is 9.60. The van der Waals surface area contributed by atoms with E-state index in [1.807, 2.05) is 0 Å². The van der Waals surface area contributed by atoms with Crippen molar-refractivity contribution in [1.29, 1.82) is 0 Å². The zero-order valence-corrected chi connectivity index (χ0v) is 16.2. The van der Waals surface area contributed by atoms with Gasteiger partial charge in [-0.1, -0.05) is 25.7 Å². The van der Waals surface area contributed by atoms with Gasteiger partial charge in [-0.25, -0.2) is 10.1 Å². The van der Waals surface area contributed by atoms with Crippen molar-refractivity contribution in [2.45, 2.75) is 51.2 Å². The van der Waals surface area contributed by atoms with Crippen LogP contribution in [0.3, 0.4) is 0 Å². The molecule has 0 aliphatic rings. The van der Waals surface area contributed by atoms with Crippen LogP contribution in [0.25, 0.3) is 0 Å². The predicted molar refractivity (Wildman–Crippen MR) is 97.2 cm³/mol. The van der Waals surface area contributed by atoms with E-state index in [-0.39, 0.29) is 6.61 Å². The van der Waals surface area contributed by atoms with E-state index in [4.69, 9.17) is 34.0 Å². The van der Waals surface area contributed by atoms with Gasteiger partial charge in [0.25, 0.3) is 0 Å². The topological polar surface area (TPSA) is 95.8 Å². The smallest absolute Gasteiger partial charge is 0.190 e. The number of hydrogen-bond donors (Lipinski definition) is 2. The standard InChI is InChI=1S/C18H38O8/c1-21-18(26-20)8-6-4-2-3-5-7-10-22-12-14-24-16-17-25-15-13-23-11-9-19/h18-20H,2-17H2,1H3. The van der Waals surface area contributed by atoms with Crippen LogP contribution in [0.2, 0.25) is 0 Å². The van der Waals surface area contributed by atoms with Crippen LogP contribution in [0.1, 0.15) is 44.9 Å². The molecule has 158 valence electrons. The van der Waals surface area contributed by atoms with Gasteiger partial charge in [0.2, 0.25) is 0 Å². The highest BCUT2D eigenvalue weighted by Gasteiger charge is 2.05. The van der Waals surface area contributed by atoms with Crippen LogP contribution in [0, 0.1) is 0 Å². The van der Waals surface area contributed by atoms with Crippen molar-refractivity contribution in [3.05, 3.63) is 0 Å². The fraction of sp³-hybridized carbons (Fsp3) is 1.00. The summed E-state index contributed by atoms with van der Waals surface area (Å²) in [6.07, 6.45) is 6.93. The van der Waals surface area contributed by atoms with Crippen molar-refractivity contribution in [3.63, 3.8) is 0 Å². The van der Waals surface area contributed by atoms with E-state index in [1.165, 1.54) is 20.0 Å². The Morgan fingerprint density at radius 2 is 1.08 bits per heavy atom. The van der Waals surface area contributed by atoms with E-state index in [9.17, 15) is 0 Å². The molecule has 1 unspecified atom stereocenters. The molecule has 0 aliphatic carbocycles. The van der Waals surface area contributed by atoms with Gasteiger partial charge in [-0.2, -0.15) is 0 Å². The Morgan fingerprint density at radius 3 is 1.58 bits per heavy atom. The minimum atomic E-state index is -0.497. The first-order chi connectivity index (χ1) is 12.8.